The number of nitrogens with zero attached hydrogens (tertiary/aromatic N) is 1. The molecule has 0 unspecified atom stereocenters. The van der Waals surface area contributed by atoms with Crippen molar-refractivity contribution in [1.29, 1.82) is 0 Å². The second-order valence-corrected chi connectivity index (χ2v) is 6.91. The van der Waals surface area contributed by atoms with Crippen LogP contribution in [-0.2, 0) is 24.3 Å². The second-order valence-electron chi connectivity index (χ2n) is 5.25. The molecule has 0 radical (unpaired) electrons. The maximum atomic E-state index is 12.0. The van der Waals surface area contributed by atoms with Gasteiger partial charge in [-0.1, -0.05) is 12.1 Å². The molecule has 2 rings (SSSR count). The summed E-state index contributed by atoms with van der Waals surface area (Å²) in [6.45, 7) is -1.16. The quantitative estimate of drug-likeness (QED) is 0.700. The van der Waals surface area contributed by atoms with Crippen LogP contribution in [0.4, 0.5) is 13.2 Å². The lowest BCUT2D eigenvalue weighted by Crippen LogP contribution is -2.37. The molecular formula is C14H14F3N3O5S. The highest BCUT2D eigenvalue weighted by molar-refractivity contribution is 7.90. The molecule has 1 amide bonds. The predicted octanol–water partition coefficient (Wildman–Crippen LogP) is 0.335. The Bertz CT molecular complexity index is 852. The van der Waals surface area contributed by atoms with Crippen molar-refractivity contribution in [1.82, 2.24) is 10.0 Å². The van der Waals surface area contributed by atoms with E-state index in [2.05, 4.69) is 14.5 Å². The van der Waals surface area contributed by atoms with E-state index >= 15 is 0 Å². The molecule has 142 valence electrons. The number of benzene rings is 1. The van der Waals surface area contributed by atoms with E-state index in [9.17, 15) is 31.2 Å². The number of rotatable bonds is 5. The van der Waals surface area contributed by atoms with Gasteiger partial charge in [0.05, 0.1) is 4.90 Å². The van der Waals surface area contributed by atoms with Crippen LogP contribution in [0.2, 0.25) is 0 Å². The highest BCUT2D eigenvalue weighted by Crippen LogP contribution is 2.22. The van der Waals surface area contributed by atoms with Crippen LogP contribution < -0.4 is 10.0 Å². The minimum atomic E-state index is -4.58. The summed E-state index contributed by atoms with van der Waals surface area (Å²) in [6, 6.07) is 4.79. The van der Waals surface area contributed by atoms with Crippen LogP contribution in [0, 0.1) is 0 Å². The average molecular weight is 393 g/mol. The molecule has 8 nitrogen and oxygen atoms in total. The lowest BCUT2D eigenvalue weighted by Gasteiger charge is -2.10. The minimum absolute atomic E-state index is 0.00541. The molecule has 0 spiro atoms. The standard InChI is InChI=1S/C14H14F3N3O5S/c1-8(13(22)25-6-11(21)18-7-14(15,16)17)19-12-9-4-2-3-5-10(9)26(23,24)20-12/h2-5,8H,6-7H2,1H3,(H,18,21)(H,19,20)/t8-/m1/s1. The monoisotopic (exact) mass is 393 g/mol. The zero-order valence-electron chi connectivity index (χ0n) is 13.3. The van der Waals surface area contributed by atoms with Gasteiger partial charge in [0.1, 0.15) is 18.4 Å². The summed E-state index contributed by atoms with van der Waals surface area (Å²) in [5.41, 5.74) is 0.273. The molecule has 1 aromatic rings. The molecule has 0 saturated heterocycles. The van der Waals surface area contributed by atoms with Crippen LogP contribution >= 0.6 is 0 Å². The number of carbonyl (C=O) groups excluding carboxylic acids is 2. The number of esters is 1. The van der Waals surface area contributed by atoms with Crippen molar-refractivity contribution in [2.24, 2.45) is 4.99 Å². The van der Waals surface area contributed by atoms with Crippen LogP contribution in [-0.4, -0.2) is 51.5 Å². The van der Waals surface area contributed by atoms with Crippen molar-refractivity contribution in [2.45, 2.75) is 24.0 Å². The zero-order valence-corrected chi connectivity index (χ0v) is 14.1. The largest absolute Gasteiger partial charge is 0.454 e. The third-order valence-electron chi connectivity index (χ3n) is 3.16. The number of nitrogens with one attached hydrogen (secondary N) is 2. The molecule has 0 aromatic heterocycles. The van der Waals surface area contributed by atoms with Gasteiger partial charge in [-0.3, -0.25) is 14.5 Å². The van der Waals surface area contributed by atoms with Gasteiger partial charge >= 0.3 is 12.1 Å². The maximum Gasteiger partial charge on any atom is 0.405 e. The summed E-state index contributed by atoms with van der Waals surface area (Å²) in [4.78, 5) is 26.9. The number of halogens is 3. The van der Waals surface area contributed by atoms with Crippen LogP contribution in [0.25, 0.3) is 0 Å². The first-order valence-corrected chi connectivity index (χ1v) is 8.68. The Morgan fingerprint density at radius 2 is 1.96 bits per heavy atom. The van der Waals surface area contributed by atoms with E-state index in [0.29, 0.717) is 0 Å². The van der Waals surface area contributed by atoms with Gasteiger partial charge in [-0.15, -0.1) is 0 Å². The summed E-state index contributed by atoms with van der Waals surface area (Å²) in [7, 11) is -3.78. The van der Waals surface area contributed by atoms with Crippen molar-refractivity contribution in [3.63, 3.8) is 0 Å². The van der Waals surface area contributed by atoms with Crippen LogP contribution in [0.5, 0.6) is 0 Å². The van der Waals surface area contributed by atoms with Crippen molar-refractivity contribution in [3.8, 4) is 0 Å². The minimum Gasteiger partial charge on any atom is -0.454 e. The van der Waals surface area contributed by atoms with E-state index in [-0.39, 0.29) is 16.3 Å². The van der Waals surface area contributed by atoms with E-state index in [4.69, 9.17) is 0 Å². The lowest BCUT2D eigenvalue weighted by atomic mass is 10.2. The number of alkyl halides is 3. The normalized spacial score (nSPS) is 17.9. The van der Waals surface area contributed by atoms with E-state index in [1.165, 1.54) is 25.1 Å². The van der Waals surface area contributed by atoms with Gasteiger partial charge in [-0.25, -0.2) is 13.2 Å². The Hall–Kier alpha value is -2.63. The summed E-state index contributed by atoms with van der Waals surface area (Å²) >= 11 is 0. The number of sulfonamides is 1. The number of ether oxygens (including phenoxy) is 1. The van der Waals surface area contributed by atoms with Gasteiger partial charge in [0, 0.05) is 5.56 Å². The molecule has 1 aromatic carbocycles. The smallest absolute Gasteiger partial charge is 0.405 e. The number of hydrogen-bond acceptors (Lipinski definition) is 6. The van der Waals surface area contributed by atoms with Gasteiger partial charge in [-0.05, 0) is 19.1 Å². The maximum absolute atomic E-state index is 12.0. The summed E-state index contributed by atoms with van der Waals surface area (Å²) in [5, 5.41) is 1.55. The van der Waals surface area contributed by atoms with Gasteiger partial charge in [0.25, 0.3) is 15.9 Å². The van der Waals surface area contributed by atoms with Gasteiger partial charge < -0.3 is 10.1 Å². The molecule has 0 fully saturated rings. The third-order valence-corrected chi connectivity index (χ3v) is 4.56. The second kappa shape index (κ2) is 7.32. The SMILES string of the molecule is C[C@@H](N=C1NS(=O)(=O)c2ccccc21)C(=O)OCC(=O)NCC(F)(F)F. The molecule has 1 aliphatic heterocycles. The Morgan fingerprint density at radius 3 is 2.62 bits per heavy atom. The average Bonchev–Trinajstić information content (AvgIpc) is 2.81. The molecule has 26 heavy (non-hydrogen) atoms. The molecule has 1 atom stereocenters. The van der Waals surface area contributed by atoms with E-state index in [1.807, 2.05) is 0 Å². The number of carbonyl (C=O) groups is 2. The Labute approximate surface area is 146 Å². The zero-order chi connectivity index (χ0) is 19.5. The first-order chi connectivity index (χ1) is 12.0. The molecule has 0 aliphatic carbocycles. The third kappa shape index (κ3) is 4.94. The van der Waals surface area contributed by atoms with Gasteiger partial charge in [0.2, 0.25) is 0 Å². The molecule has 1 aliphatic rings. The van der Waals surface area contributed by atoms with Crippen LogP contribution in [0.3, 0.4) is 0 Å². The van der Waals surface area contributed by atoms with Crippen molar-refractivity contribution in [3.05, 3.63) is 29.8 Å². The van der Waals surface area contributed by atoms with Crippen molar-refractivity contribution in [2.75, 3.05) is 13.2 Å². The lowest BCUT2D eigenvalue weighted by molar-refractivity contribution is -0.152. The summed E-state index contributed by atoms with van der Waals surface area (Å²) in [6.07, 6.45) is -4.58. The topological polar surface area (TPSA) is 114 Å². The van der Waals surface area contributed by atoms with E-state index in [0.717, 1.165) is 0 Å². The van der Waals surface area contributed by atoms with E-state index in [1.54, 1.807) is 11.4 Å². The molecule has 0 saturated carbocycles. The van der Waals surface area contributed by atoms with Crippen molar-refractivity contribution < 1.29 is 35.9 Å². The fourth-order valence-corrected chi connectivity index (χ4v) is 3.22. The number of aliphatic imine (C=N–C) groups is 1. The van der Waals surface area contributed by atoms with Crippen LogP contribution in [0.15, 0.2) is 34.2 Å². The highest BCUT2D eigenvalue weighted by atomic mass is 32.2. The van der Waals surface area contributed by atoms with Gasteiger partial charge in [-0.2, -0.15) is 13.2 Å². The number of fused-ring (bicyclic) bond motifs is 1. The summed E-state index contributed by atoms with van der Waals surface area (Å²) < 4.78 is 66.5. The van der Waals surface area contributed by atoms with E-state index < -0.39 is 47.3 Å². The molecule has 0 bridgehead atoms. The van der Waals surface area contributed by atoms with Crippen molar-refractivity contribution >= 4 is 27.7 Å². The number of amidine groups is 1. The Morgan fingerprint density at radius 1 is 1.31 bits per heavy atom. The first kappa shape index (κ1) is 19.7. The fraction of sp³-hybridized carbons (Fsp3) is 0.357. The molecule has 2 N–H and O–H groups in total. The van der Waals surface area contributed by atoms with Gasteiger partial charge in [0.15, 0.2) is 6.61 Å². The number of hydrogen-bond donors (Lipinski definition) is 2. The fourth-order valence-electron chi connectivity index (χ4n) is 1.98. The Balaban J connectivity index is 1.98. The highest BCUT2D eigenvalue weighted by Gasteiger charge is 2.31. The van der Waals surface area contributed by atoms with Crippen LogP contribution in [0.1, 0.15) is 12.5 Å². The first-order valence-electron chi connectivity index (χ1n) is 7.20. The molecule has 1 heterocycles. The molecule has 12 heteroatoms. The number of amides is 1. The summed E-state index contributed by atoms with van der Waals surface area (Å²) in [5.74, 6) is -2.18. The molecular weight excluding hydrogens is 379 g/mol. The Kier molecular flexibility index (Phi) is 5.54. The predicted molar refractivity (Wildman–Crippen MR) is 82.8 cm³/mol.